The SMILES string of the molecule is NC(N[N+](=O)[O-])=[NH+]Nc1ccccc1. The summed E-state index contributed by atoms with van der Waals surface area (Å²) in [5.74, 6) is -0.182. The predicted octanol–water partition coefficient (Wildman–Crippen LogP) is -1.81. The Kier molecular flexibility index (Phi) is 3.25. The van der Waals surface area contributed by atoms with Gasteiger partial charge in [0, 0.05) is 5.43 Å². The standard InChI is InChI=1S/C7H9N5O2/c8-7(11-12(13)14)10-9-6-4-2-1-3-5-6/h1-5,9H,(H3,8,10,11)/p+1. The number of para-hydroxylation sites is 1. The third kappa shape index (κ3) is 3.39. The number of guanidine groups is 1. The van der Waals surface area contributed by atoms with Gasteiger partial charge in [-0.25, -0.2) is 10.1 Å². The molecule has 0 saturated carbocycles. The number of rotatable bonds is 3. The van der Waals surface area contributed by atoms with Gasteiger partial charge in [0.25, 0.3) is 0 Å². The van der Waals surface area contributed by atoms with Crippen molar-refractivity contribution in [1.82, 2.24) is 5.43 Å². The summed E-state index contributed by atoms with van der Waals surface area (Å²) in [5.41, 5.74) is 10.4. The molecule has 1 rings (SSSR count). The van der Waals surface area contributed by atoms with Crippen LogP contribution in [0.4, 0.5) is 5.69 Å². The molecule has 0 amide bonds. The van der Waals surface area contributed by atoms with Crippen molar-refractivity contribution in [2.24, 2.45) is 5.73 Å². The molecule has 7 nitrogen and oxygen atoms in total. The van der Waals surface area contributed by atoms with E-state index in [0.717, 1.165) is 5.69 Å². The largest absolute Gasteiger partial charge is 0.425 e. The molecule has 5 N–H and O–H groups in total. The van der Waals surface area contributed by atoms with Gasteiger partial charge in [-0.15, -0.1) is 0 Å². The van der Waals surface area contributed by atoms with Crippen LogP contribution in [-0.2, 0) is 0 Å². The molecular weight excluding hydrogens is 186 g/mol. The number of nitrogens with two attached hydrogens (primary N) is 1. The Balaban J connectivity index is 2.51. The van der Waals surface area contributed by atoms with Crippen molar-refractivity contribution in [3.8, 4) is 0 Å². The van der Waals surface area contributed by atoms with Crippen molar-refractivity contribution in [2.75, 3.05) is 5.43 Å². The molecule has 0 unspecified atom stereocenters. The Morgan fingerprint density at radius 2 is 2.07 bits per heavy atom. The maximum atomic E-state index is 9.95. The van der Waals surface area contributed by atoms with E-state index in [1.165, 1.54) is 0 Å². The maximum absolute atomic E-state index is 9.95. The smallest absolute Gasteiger partial charge is 0.284 e. The second-order valence-corrected chi connectivity index (χ2v) is 2.40. The van der Waals surface area contributed by atoms with Crippen LogP contribution in [-0.4, -0.2) is 11.0 Å². The topological polar surface area (TPSA) is 107 Å². The molecule has 74 valence electrons. The highest BCUT2D eigenvalue weighted by molar-refractivity contribution is 5.70. The Hall–Kier alpha value is -2.31. The molecule has 0 aliphatic heterocycles. The van der Waals surface area contributed by atoms with Gasteiger partial charge in [0.2, 0.25) is 5.03 Å². The molecule has 14 heavy (non-hydrogen) atoms. The summed E-state index contributed by atoms with van der Waals surface area (Å²) < 4.78 is 0. The van der Waals surface area contributed by atoms with E-state index >= 15 is 0 Å². The fraction of sp³-hybridized carbons (Fsp3) is 0. The van der Waals surface area contributed by atoms with Crippen LogP contribution in [0.15, 0.2) is 30.3 Å². The number of nitro groups is 1. The third-order valence-electron chi connectivity index (χ3n) is 1.33. The zero-order chi connectivity index (χ0) is 10.4. The van der Waals surface area contributed by atoms with Gasteiger partial charge in [0.15, 0.2) is 0 Å². The minimum atomic E-state index is -0.755. The summed E-state index contributed by atoms with van der Waals surface area (Å²) in [4.78, 5) is 9.95. The quantitative estimate of drug-likeness (QED) is 0.197. The summed E-state index contributed by atoms with van der Waals surface area (Å²) in [7, 11) is 0. The summed E-state index contributed by atoms with van der Waals surface area (Å²) >= 11 is 0. The fourth-order valence-electron chi connectivity index (χ4n) is 0.787. The van der Waals surface area contributed by atoms with E-state index in [1.54, 1.807) is 17.6 Å². The van der Waals surface area contributed by atoms with E-state index in [1.807, 2.05) is 18.2 Å². The molecule has 0 radical (unpaired) electrons. The Labute approximate surface area is 79.7 Å². The molecule has 1 aromatic rings. The Morgan fingerprint density at radius 3 is 2.64 bits per heavy atom. The summed E-state index contributed by atoms with van der Waals surface area (Å²) in [6, 6.07) is 9.06. The number of nitrogens with zero attached hydrogens (tertiary/aromatic N) is 1. The summed E-state index contributed by atoms with van der Waals surface area (Å²) in [6.07, 6.45) is 0. The van der Waals surface area contributed by atoms with E-state index in [2.05, 4.69) is 10.5 Å². The number of hydrogen-bond acceptors (Lipinski definition) is 3. The average molecular weight is 196 g/mol. The van der Waals surface area contributed by atoms with Crippen molar-refractivity contribution < 1.29 is 10.1 Å². The highest BCUT2D eigenvalue weighted by atomic mass is 16.7. The Bertz CT molecular complexity index is 337. The van der Waals surface area contributed by atoms with Gasteiger partial charge >= 0.3 is 5.96 Å². The van der Waals surface area contributed by atoms with Crippen LogP contribution in [0.1, 0.15) is 0 Å². The van der Waals surface area contributed by atoms with Gasteiger partial charge in [-0.3, -0.25) is 11.2 Å². The van der Waals surface area contributed by atoms with Crippen molar-refractivity contribution in [3.63, 3.8) is 0 Å². The van der Waals surface area contributed by atoms with Crippen LogP contribution in [0.3, 0.4) is 0 Å². The number of hydrazone groups is 1. The van der Waals surface area contributed by atoms with Gasteiger partial charge in [-0.05, 0) is 12.1 Å². The lowest BCUT2D eigenvalue weighted by Gasteiger charge is -1.97. The number of benzene rings is 1. The predicted molar refractivity (Wildman–Crippen MR) is 50.4 cm³/mol. The molecule has 0 aromatic heterocycles. The molecule has 0 aliphatic rings. The molecule has 0 fully saturated rings. The lowest BCUT2D eigenvalue weighted by Crippen LogP contribution is -2.83. The Morgan fingerprint density at radius 1 is 1.43 bits per heavy atom. The second kappa shape index (κ2) is 4.65. The lowest BCUT2D eigenvalue weighted by atomic mass is 10.3. The van der Waals surface area contributed by atoms with Crippen molar-refractivity contribution >= 4 is 11.6 Å². The van der Waals surface area contributed by atoms with Crippen LogP contribution < -0.4 is 21.7 Å². The minimum Gasteiger partial charge on any atom is -0.284 e. The zero-order valence-corrected chi connectivity index (χ0v) is 7.23. The van der Waals surface area contributed by atoms with Gasteiger partial charge in [0.05, 0.1) is 5.69 Å². The molecule has 0 spiro atoms. The first-order chi connectivity index (χ1) is 6.68. The molecule has 7 heteroatoms. The fourth-order valence-corrected chi connectivity index (χ4v) is 0.787. The molecule has 1 aromatic carbocycles. The highest BCUT2D eigenvalue weighted by Crippen LogP contribution is 2.00. The van der Waals surface area contributed by atoms with E-state index in [-0.39, 0.29) is 5.96 Å². The number of anilines is 1. The summed E-state index contributed by atoms with van der Waals surface area (Å²) in [5, 5.41) is 11.6. The van der Waals surface area contributed by atoms with Crippen molar-refractivity contribution in [1.29, 1.82) is 0 Å². The number of nitrogens with one attached hydrogen (secondary N) is 3. The van der Waals surface area contributed by atoms with Crippen LogP contribution in [0.5, 0.6) is 0 Å². The van der Waals surface area contributed by atoms with Gasteiger partial charge in [-0.2, -0.15) is 5.10 Å². The normalized spacial score (nSPS) is 10.7. The van der Waals surface area contributed by atoms with Crippen LogP contribution in [0.25, 0.3) is 0 Å². The molecule has 0 atom stereocenters. The lowest BCUT2D eigenvalue weighted by molar-refractivity contribution is -0.541. The van der Waals surface area contributed by atoms with Gasteiger partial charge in [-0.1, -0.05) is 18.2 Å². The molecule has 0 bridgehead atoms. The van der Waals surface area contributed by atoms with Gasteiger partial charge in [0.1, 0.15) is 0 Å². The maximum Gasteiger partial charge on any atom is 0.425 e. The average Bonchev–Trinajstić information content (AvgIpc) is 2.15. The zero-order valence-electron chi connectivity index (χ0n) is 7.23. The van der Waals surface area contributed by atoms with Crippen molar-refractivity contribution in [3.05, 3.63) is 40.4 Å². The molecule has 0 aliphatic carbocycles. The van der Waals surface area contributed by atoms with Gasteiger partial charge < -0.3 is 0 Å². The minimum absolute atomic E-state index is 0.182. The van der Waals surface area contributed by atoms with Crippen LogP contribution in [0, 0.1) is 10.1 Å². The number of hydrogen-bond donors (Lipinski definition) is 4. The van der Waals surface area contributed by atoms with Crippen molar-refractivity contribution in [2.45, 2.75) is 0 Å². The highest BCUT2D eigenvalue weighted by Gasteiger charge is 2.05. The molecule has 0 heterocycles. The summed E-state index contributed by atoms with van der Waals surface area (Å²) in [6.45, 7) is 0. The van der Waals surface area contributed by atoms with E-state index in [9.17, 15) is 10.1 Å². The van der Waals surface area contributed by atoms with Crippen LogP contribution >= 0.6 is 0 Å². The number of hydrazine groups is 2. The molecule has 0 saturated heterocycles. The third-order valence-corrected chi connectivity index (χ3v) is 1.33. The first kappa shape index (κ1) is 9.78. The first-order valence-electron chi connectivity index (χ1n) is 3.79. The van der Waals surface area contributed by atoms with E-state index < -0.39 is 5.03 Å². The van der Waals surface area contributed by atoms with Crippen LogP contribution in [0.2, 0.25) is 0 Å². The monoisotopic (exact) mass is 196 g/mol. The van der Waals surface area contributed by atoms with E-state index in [0.29, 0.717) is 0 Å². The van der Waals surface area contributed by atoms with E-state index in [4.69, 9.17) is 5.73 Å². The second-order valence-electron chi connectivity index (χ2n) is 2.40. The molecular formula is C7H10N5O2+. The first-order valence-corrected chi connectivity index (χ1v) is 3.79.